The number of carbonyl (C=O) groups excluding carboxylic acids is 2. The van der Waals surface area contributed by atoms with Gasteiger partial charge in [0.05, 0.1) is 0 Å². The van der Waals surface area contributed by atoms with Gasteiger partial charge in [-0.25, -0.2) is 9.78 Å². The minimum atomic E-state index is -0.536. The molecule has 7 heteroatoms. The van der Waals surface area contributed by atoms with E-state index >= 15 is 0 Å². The summed E-state index contributed by atoms with van der Waals surface area (Å²) in [4.78, 5) is 28.1. The number of amides is 2. The summed E-state index contributed by atoms with van der Waals surface area (Å²) in [5.74, 6) is 0.352. The number of para-hydroxylation sites is 1. The van der Waals surface area contributed by atoms with Crippen molar-refractivity contribution < 1.29 is 14.3 Å². The van der Waals surface area contributed by atoms with Crippen LogP contribution in [0, 0.1) is 0 Å². The number of rotatable bonds is 5. The van der Waals surface area contributed by atoms with Gasteiger partial charge in [-0.3, -0.25) is 10.1 Å². The van der Waals surface area contributed by atoms with Crippen LogP contribution in [0.1, 0.15) is 17.4 Å². The molecule has 2 N–H and O–H groups in total. The van der Waals surface area contributed by atoms with Crippen molar-refractivity contribution in [1.82, 2.24) is 4.98 Å². The van der Waals surface area contributed by atoms with Gasteiger partial charge >= 0.3 is 6.09 Å². The Labute approximate surface area is 154 Å². The Kier molecular flexibility index (Phi) is 5.60. The van der Waals surface area contributed by atoms with E-state index in [2.05, 4.69) is 15.6 Å². The molecule has 26 heavy (non-hydrogen) atoms. The number of ether oxygens (including phenoxy) is 1. The monoisotopic (exact) mass is 367 g/mol. The number of aromatic nitrogens is 1. The summed E-state index contributed by atoms with van der Waals surface area (Å²) in [6.07, 6.45) is 1.91. The van der Waals surface area contributed by atoms with Gasteiger partial charge in [0, 0.05) is 30.1 Å². The minimum absolute atomic E-state index is 0.135. The summed E-state index contributed by atoms with van der Waals surface area (Å²) in [5, 5.41) is 5.95. The van der Waals surface area contributed by atoms with Crippen molar-refractivity contribution >= 4 is 34.2 Å². The first-order chi connectivity index (χ1) is 12.6. The Morgan fingerprint density at radius 2 is 1.77 bits per heavy atom. The van der Waals surface area contributed by atoms with Crippen LogP contribution < -0.4 is 15.4 Å². The molecule has 0 aliphatic heterocycles. The molecule has 0 bridgehead atoms. The molecule has 0 unspecified atom stereocenters. The van der Waals surface area contributed by atoms with Crippen molar-refractivity contribution in [3.8, 4) is 5.75 Å². The Morgan fingerprint density at radius 1 is 1.04 bits per heavy atom. The van der Waals surface area contributed by atoms with Gasteiger partial charge in [-0.1, -0.05) is 30.3 Å². The van der Waals surface area contributed by atoms with Crippen molar-refractivity contribution in [2.75, 3.05) is 10.6 Å². The lowest BCUT2D eigenvalue weighted by Crippen LogP contribution is -2.16. The number of nitrogens with one attached hydrogen (secondary N) is 2. The number of thiazole rings is 1. The normalized spacial score (nSPS) is 10.2. The molecule has 0 atom stereocenters. The van der Waals surface area contributed by atoms with Gasteiger partial charge in [0.25, 0.3) is 0 Å². The number of anilines is 2. The van der Waals surface area contributed by atoms with Crippen LogP contribution >= 0.6 is 11.3 Å². The van der Waals surface area contributed by atoms with Gasteiger partial charge in [0.15, 0.2) is 5.13 Å². The molecule has 0 aliphatic rings. The maximum absolute atomic E-state index is 11.9. The lowest BCUT2D eigenvalue weighted by molar-refractivity contribution is -0.114. The SMILES string of the molecule is CC(=O)Nc1ncc(Cc2ccc(NC(=O)Oc3ccccc3)cc2)s1. The molecular weight excluding hydrogens is 350 g/mol. The Bertz CT molecular complexity index is 892. The van der Waals surface area contributed by atoms with Crippen LogP contribution in [0.3, 0.4) is 0 Å². The molecule has 6 nitrogen and oxygen atoms in total. The topological polar surface area (TPSA) is 80.3 Å². The molecule has 1 aromatic heterocycles. The lowest BCUT2D eigenvalue weighted by Gasteiger charge is -2.07. The molecule has 132 valence electrons. The van der Waals surface area contributed by atoms with Crippen LogP contribution in [0.5, 0.6) is 5.75 Å². The molecule has 0 radical (unpaired) electrons. The number of carbonyl (C=O) groups is 2. The van der Waals surface area contributed by atoms with Crippen molar-refractivity contribution in [2.24, 2.45) is 0 Å². The fourth-order valence-corrected chi connectivity index (χ4v) is 3.14. The van der Waals surface area contributed by atoms with Gasteiger partial charge in [-0.05, 0) is 29.8 Å². The molecular formula is C19H17N3O3S. The van der Waals surface area contributed by atoms with Crippen LogP contribution in [0.2, 0.25) is 0 Å². The highest BCUT2D eigenvalue weighted by molar-refractivity contribution is 7.15. The Morgan fingerprint density at radius 3 is 2.46 bits per heavy atom. The van der Waals surface area contributed by atoms with Crippen LogP contribution in [0.4, 0.5) is 15.6 Å². The fraction of sp³-hybridized carbons (Fsp3) is 0.105. The molecule has 0 saturated carbocycles. The first-order valence-electron chi connectivity index (χ1n) is 7.93. The number of hydrogen-bond donors (Lipinski definition) is 2. The minimum Gasteiger partial charge on any atom is -0.410 e. The Hall–Kier alpha value is -3.19. The zero-order valence-corrected chi connectivity index (χ0v) is 14.9. The van der Waals surface area contributed by atoms with E-state index in [-0.39, 0.29) is 5.91 Å². The zero-order chi connectivity index (χ0) is 18.4. The van der Waals surface area contributed by atoms with E-state index in [1.807, 2.05) is 30.3 Å². The first-order valence-corrected chi connectivity index (χ1v) is 8.75. The van der Waals surface area contributed by atoms with E-state index in [0.29, 0.717) is 23.0 Å². The maximum atomic E-state index is 11.9. The summed E-state index contributed by atoms with van der Waals surface area (Å²) in [5.41, 5.74) is 1.72. The first kappa shape index (κ1) is 17.6. The van der Waals surface area contributed by atoms with Crippen molar-refractivity contribution in [2.45, 2.75) is 13.3 Å². The van der Waals surface area contributed by atoms with Crippen molar-refractivity contribution in [3.05, 3.63) is 71.2 Å². The number of hydrogen-bond acceptors (Lipinski definition) is 5. The van der Waals surface area contributed by atoms with E-state index in [4.69, 9.17) is 4.74 Å². The predicted molar refractivity (Wildman–Crippen MR) is 102 cm³/mol. The summed E-state index contributed by atoms with van der Waals surface area (Å²) in [6.45, 7) is 1.45. The molecule has 1 heterocycles. The van der Waals surface area contributed by atoms with E-state index in [9.17, 15) is 9.59 Å². The van der Waals surface area contributed by atoms with Gasteiger partial charge in [-0.2, -0.15) is 0 Å². The zero-order valence-electron chi connectivity index (χ0n) is 14.1. The van der Waals surface area contributed by atoms with Crippen LogP contribution in [-0.2, 0) is 11.2 Å². The molecule has 3 rings (SSSR count). The van der Waals surface area contributed by atoms with Crippen LogP contribution in [0.15, 0.2) is 60.8 Å². The highest BCUT2D eigenvalue weighted by Gasteiger charge is 2.07. The molecule has 0 fully saturated rings. The third-order valence-electron chi connectivity index (χ3n) is 3.37. The lowest BCUT2D eigenvalue weighted by atomic mass is 10.1. The second-order valence-electron chi connectivity index (χ2n) is 5.51. The Balaban J connectivity index is 1.55. The summed E-state index contributed by atoms with van der Waals surface area (Å²) < 4.78 is 5.19. The van der Waals surface area contributed by atoms with E-state index in [0.717, 1.165) is 10.4 Å². The third-order valence-corrected chi connectivity index (χ3v) is 4.28. The molecule has 0 aliphatic carbocycles. The average Bonchev–Trinajstić information content (AvgIpc) is 3.03. The van der Waals surface area contributed by atoms with E-state index in [1.54, 1.807) is 30.5 Å². The summed E-state index contributed by atoms with van der Waals surface area (Å²) in [6, 6.07) is 16.4. The van der Waals surface area contributed by atoms with Gasteiger partial charge in [0.1, 0.15) is 5.75 Å². The van der Waals surface area contributed by atoms with Crippen molar-refractivity contribution in [1.29, 1.82) is 0 Å². The smallest absolute Gasteiger partial charge is 0.410 e. The van der Waals surface area contributed by atoms with Gasteiger partial charge < -0.3 is 10.1 Å². The standard InChI is InChI=1S/C19H17N3O3S/c1-13(23)21-18-20-12-17(26-18)11-14-7-9-15(10-8-14)22-19(24)25-16-5-3-2-4-6-16/h2-10,12H,11H2,1H3,(H,22,24)(H,20,21,23). The number of nitrogens with zero attached hydrogens (tertiary/aromatic N) is 1. The number of benzene rings is 2. The van der Waals surface area contributed by atoms with Crippen LogP contribution in [-0.4, -0.2) is 17.0 Å². The van der Waals surface area contributed by atoms with Gasteiger partial charge in [0.2, 0.25) is 5.91 Å². The van der Waals surface area contributed by atoms with E-state index in [1.165, 1.54) is 18.3 Å². The summed E-state index contributed by atoms with van der Waals surface area (Å²) >= 11 is 1.44. The molecule has 2 aromatic carbocycles. The predicted octanol–water partition coefficient (Wildman–Crippen LogP) is 4.30. The molecule has 2 amide bonds. The average molecular weight is 367 g/mol. The highest BCUT2D eigenvalue weighted by atomic mass is 32.1. The quantitative estimate of drug-likeness (QED) is 0.704. The highest BCUT2D eigenvalue weighted by Crippen LogP contribution is 2.22. The fourth-order valence-electron chi connectivity index (χ4n) is 2.24. The maximum Gasteiger partial charge on any atom is 0.417 e. The van der Waals surface area contributed by atoms with Gasteiger partial charge in [-0.15, -0.1) is 11.3 Å². The van der Waals surface area contributed by atoms with E-state index < -0.39 is 6.09 Å². The molecule has 3 aromatic rings. The molecule has 0 spiro atoms. The largest absolute Gasteiger partial charge is 0.417 e. The van der Waals surface area contributed by atoms with Crippen LogP contribution in [0.25, 0.3) is 0 Å². The molecule has 0 saturated heterocycles. The van der Waals surface area contributed by atoms with Crippen molar-refractivity contribution in [3.63, 3.8) is 0 Å². The second kappa shape index (κ2) is 8.26. The third kappa shape index (κ3) is 5.15. The second-order valence-corrected chi connectivity index (χ2v) is 6.63. The summed E-state index contributed by atoms with van der Waals surface area (Å²) in [7, 11) is 0.